The topological polar surface area (TPSA) is 81.4 Å². The Bertz CT molecular complexity index is 1060. The summed E-state index contributed by atoms with van der Waals surface area (Å²) < 4.78 is 1.97. The van der Waals surface area contributed by atoms with Gasteiger partial charge in [-0.05, 0) is 49.2 Å². The molecule has 0 bridgehead atoms. The third-order valence-corrected chi connectivity index (χ3v) is 4.38. The third-order valence-electron chi connectivity index (χ3n) is 4.21. The van der Waals surface area contributed by atoms with Gasteiger partial charge in [0.2, 0.25) is 5.28 Å². The smallest absolute Gasteiger partial charge is 0.226 e. The first kappa shape index (κ1) is 17.4. The van der Waals surface area contributed by atoms with E-state index in [0.29, 0.717) is 17.9 Å². The van der Waals surface area contributed by atoms with Crippen LogP contribution in [0, 0.1) is 0 Å². The molecule has 7 nitrogen and oxygen atoms in total. The highest BCUT2D eigenvalue weighted by Gasteiger charge is 2.14. The van der Waals surface area contributed by atoms with Gasteiger partial charge in [-0.15, -0.1) is 0 Å². The van der Waals surface area contributed by atoms with Crippen LogP contribution in [0.2, 0.25) is 5.28 Å². The Hall–Kier alpha value is -3.06. The Labute approximate surface area is 161 Å². The zero-order valence-electron chi connectivity index (χ0n) is 15.0. The van der Waals surface area contributed by atoms with Crippen LogP contribution in [0.25, 0.3) is 22.4 Å². The normalized spacial score (nSPS) is 11.3. The fourth-order valence-corrected chi connectivity index (χ4v) is 2.96. The Morgan fingerprint density at radius 3 is 2.59 bits per heavy atom. The molecule has 4 rings (SSSR count). The van der Waals surface area contributed by atoms with Crippen molar-refractivity contribution in [1.29, 1.82) is 0 Å². The second kappa shape index (κ2) is 7.28. The molecule has 0 saturated heterocycles. The molecule has 1 N–H and O–H groups in total. The second-order valence-corrected chi connectivity index (χ2v) is 6.74. The quantitative estimate of drug-likeness (QED) is 0.525. The maximum Gasteiger partial charge on any atom is 0.226 e. The molecule has 0 aliphatic carbocycles. The monoisotopic (exact) mass is 379 g/mol. The number of rotatable bonds is 5. The van der Waals surface area contributed by atoms with Gasteiger partial charge in [0.25, 0.3) is 0 Å². The summed E-state index contributed by atoms with van der Waals surface area (Å²) in [7, 11) is 0. The number of pyridine rings is 2. The van der Waals surface area contributed by atoms with Crippen molar-refractivity contribution in [2.75, 3.05) is 5.32 Å². The number of halogens is 1. The summed E-state index contributed by atoms with van der Waals surface area (Å²) in [4.78, 5) is 21.6. The van der Waals surface area contributed by atoms with Crippen molar-refractivity contribution < 1.29 is 0 Å². The van der Waals surface area contributed by atoms with Crippen molar-refractivity contribution >= 4 is 28.6 Å². The van der Waals surface area contributed by atoms with Gasteiger partial charge < -0.3 is 9.88 Å². The van der Waals surface area contributed by atoms with E-state index in [1.807, 2.05) is 35.0 Å². The minimum Gasteiger partial charge on any atom is -0.364 e. The number of nitrogens with zero attached hydrogens (tertiary/aromatic N) is 6. The molecular weight excluding hydrogens is 362 g/mol. The summed E-state index contributed by atoms with van der Waals surface area (Å²) in [6.07, 6.45) is 7.12. The maximum absolute atomic E-state index is 6.11. The van der Waals surface area contributed by atoms with Gasteiger partial charge >= 0.3 is 0 Å². The van der Waals surface area contributed by atoms with Gasteiger partial charge in [0.15, 0.2) is 17.0 Å². The minimum absolute atomic E-state index is 0.193. The zero-order valence-corrected chi connectivity index (χ0v) is 15.7. The highest BCUT2D eigenvalue weighted by Crippen LogP contribution is 2.24. The van der Waals surface area contributed by atoms with Crippen LogP contribution in [0.1, 0.15) is 25.5 Å². The zero-order chi connectivity index (χ0) is 18.8. The third kappa shape index (κ3) is 3.59. The van der Waals surface area contributed by atoms with E-state index in [-0.39, 0.29) is 11.3 Å². The van der Waals surface area contributed by atoms with E-state index >= 15 is 0 Å². The van der Waals surface area contributed by atoms with Gasteiger partial charge in [0.05, 0.1) is 12.0 Å². The number of nitrogens with one attached hydrogen (secondary N) is 1. The molecule has 0 aliphatic rings. The maximum atomic E-state index is 6.11. The van der Waals surface area contributed by atoms with E-state index in [4.69, 9.17) is 11.6 Å². The lowest BCUT2D eigenvalue weighted by Gasteiger charge is -2.09. The van der Waals surface area contributed by atoms with E-state index < -0.39 is 0 Å². The molecule has 4 heterocycles. The van der Waals surface area contributed by atoms with Gasteiger partial charge in [-0.2, -0.15) is 9.97 Å². The molecule has 0 aliphatic heterocycles. The largest absolute Gasteiger partial charge is 0.364 e. The van der Waals surface area contributed by atoms with Crippen molar-refractivity contribution in [1.82, 2.24) is 29.5 Å². The lowest BCUT2D eigenvalue weighted by Crippen LogP contribution is -2.05. The number of hydrogen-bond acceptors (Lipinski definition) is 6. The Balaban J connectivity index is 1.55. The first-order valence-electron chi connectivity index (χ1n) is 8.61. The number of imidazole rings is 1. The fourth-order valence-electron chi connectivity index (χ4n) is 2.80. The molecule has 0 fully saturated rings. The fraction of sp³-hybridized carbons (Fsp3) is 0.211. The molecule has 0 spiro atoms. The summed E-state index contributed by atoms with van der Waals surface area (Å²) in [5.74, 6) is 0.614. The Morgan fingerprint density at radius 1 is 1.07 bits per heavy atom. The standard InChI is InChI=1S/C19H18ClN7/c1-12(2)27-11-24-16-17(25-19(20)26-18(16)27)23-10-13-3-4-15(22-9-13)14-5-7-21-8-6-14/h3-9,11-12H,10H2,1-2H3,(H,23,25,26). The van der Waals surface area contributed by atoms with E-state index in [9.17, 15) is 0 Å². The van der Waals surface area contributed by atoms with Gasteiger partial charge in [0, 0.05) is 36.7 Å². The number of anilines is 1. The van der Waals surface area contributed by atoms with Crippen molar-refractivity contribution in [2.45, 2.75) is 26.4 Å². The number of fused-ring (bicyclic) bond motifs is 1. The predicted octanol–water partition coefficient (Wildman–Crippen LogP) is 4.13. The van der Waals surface area contributed by atoms with E-state index in [2.05, 4.69) is 44.1 Å². The summed E-state index contributed by atoms with van der Waals surface area (Å²) in [6, 6.07) is 8.12. The molecule has 0 aromatic carbocycles. The molecule has 0 radical (unpaired) electrons. The van der Waals surface area contributed by atoms with Gasteiger partial charge in [-0.25, -0.2) is 4.98 Å². The molecule has 0 amide bonds. The summed E-state index contributed by atoms with van der Waals surface area (Å²) in [5.41, 5.74) is 4.39. The second-order valence-electron chi connectivity index (χ2n) is 6.40. The van der Waals surface area contributed by atoms with Crippen molar-refractivity contribution in [3.05, 3.63) is 60.0 Å². The van der Waals surface area contributed by atoms with Crippen LogP contribution < -0.4 is 5.32 Å². The average molecular weight is 380 g/mol. The molecule has 0 unspecified atom stereocenters. The summed E-state index contributed by atoms with van der Waals surface area (Å²) in [6.45, 7) is 4.70. The lowest BCUT2D eigenvalue weighted by molar-refractivity contribution is 0.612. The molecule has 4 aromatic rings. The van der Waals surface area contributed by atoms with Crippen LogP contribution in [-0.4, -0.2) is 29.5 Å². The van der Waals surface area contributed by atoms with Crippen LogP contribution in [0.3, 0.4) is 0 Å². The van der Waals surface area contributed by atoms with E-state index in [0.717, 1.165) is 22.5 Å². The highest BCUT2D eigenvalue weighted by atomic mass is 35.5. The molecular formula is C19H18ClN7. The van der Waals surface area contributed by atoms with Crippen LogP contribution >= 0.6 is 11.6 Å². The molecule has 0 atom stereocenters. The SMILES string of the molecule is CC(C)n1cnc2c(NCc3ccc(-c4ccncc4)nc3)nc(Cl)nc21. The first-order chi connectivity index (χ1) is 13.1. The van der Waals surface area contributed by atoms with Crippen LogP contribution in [0.15, 0.2) is 49.2 Å². The van der Waals surface area contributed by atoms with Crippen molar-refractivity contribution in [3.63, 3.8) is 0 Å². The molecule has 27 heavy (non-hydrogen) atoms. The highest BCUT2D eigenvalue weighted by molar-refractivity contribution is 6.28. The van der Waals surface area contributed by atoms with Crippen LogP contribution in [0.4, 0.5) is 5.82 Å². The molecule has 8 heteroatoms. The minimum atomic E-state index is 0.193. The van der Waals surface area contributed by atoms with E-state index in [1.54, 1.807) is 18.7 Å². The molecule has 4 aromatic heterocycles. The van der Waals surface area contributed by atoms with Crippen LogP contribution in [-0.2, 0) is 6.54 Å². The van der Waals surface area contributed by atoms with Gasteiger partial charge in [0.1, 0.15) is 0 Å². The lowest BCUT2D eigenvalue weighted by atomic mass is 10.1. The van der Waals surface area contributed by atoms with Crippen LogP contribution in [0.5, 0.6) is 0 Å². The predicted molar refractivity (Wildman–Crippen MR) is 106 cm³/mol. The summed E-state index contributed by atoms with van der Waals surface area (Å²) >= 11 is 6.11. The van der Waals surface area contributed by atoms with Crippen molar-refractivity contribution in [3.8, 4) is 11.3 Å². The first-order valence-corrected chi connectivity index (χ1v) is 8.99. The van der Waals surface area contributed by atoms with Gasteiger partial charge in [-0.3, -0.25) is 9.97 Å². The number of aromatic nitrogens is 6. The summed E-state index contributed by atoms with van der Waals surface area (Å²) in [5, 5.41) is 3.49. The molecule has 136 valence electrons. The van der Waals surface area contributed by atoms with Crippen molar-refractivity contribution in [2.24, 2.45) is 0 Å². The Kier molecular flexibility index (Phi) is 4.68. The van der Waals surface area contributed by atoms with Gasteiger partial charge in [-0.1, -0.05) is 6.07 Å². The molecule has 0 saturated carbocycles. The number of hydrogen-bond donors (Lipinski definition) is 1. The average Bonchev–Trinajstić information content (AvgIpc) is 3.11. The van der Waals surface area contributed by atoms with E-state index in [1.165, 1.54) is 0 Å². The Morgan fingerprint density at radius 2 is 1.89 bits per heavy atom.